The first-order valence-corrected chi connectivity index (χ1v) is 7.64. The molecular formula is C18H16BrNO. The zero-order valence-corrected chi connectivity index (χ0v) is 13.3. The second-order valence-corrected chi connectivity index (χ2v) is 5.84. The topological polar surface area (TPSA) is 25.2 Å². The van der Waals surface area contributed by atoms with Crippen LogP contribution in [0, 0.1) is 6.92 Å². The highest BCUT2D eigenvalue weighted by Gasteiger charge is 2.17. The Balaban J connectivity index is 1.97. The van der Waals surface area contributed by atoms with E-state index in [1.54, 1.807) is 6.26 Å². The number of hydrogen-bond acceptors (Lipinski definition) is 2. The maximum Gasteiger partial charge on any atom is 0.130 e. The number of aryl methyl sites for hydroxylation is 1. The average Bonchev–Trinajstić information content (AvgIpc) is 3.01. The zero-order valence-electron chi connectivity index (χ0n) is 11.7. The summed E-state index contributed by atoms with van der Waals surface area (Å²) in [6, 6.07) is 20.5. The summed E-state index contributed by atoms with van der Waals surface area (Å²) in [4.78, 5) is 0. The normalized spacial score (nSPS) is 12.1. The molecule has 0 aliphatic carbocycles. The van der Waals surface area contributed by atoms with Crippen molar-refractivity contribution in [3.05, 3.63) is 88.3 Å². The zero-order chi connectivity index (χ0) is 14.7. The highest BCUT2D eigenvalue weighted by Crippen LogP contribution is 2.31. The van der Waals surface area contributed by atoms with Gasteiger partial charge in [-0.25, -0.2) is 0 Å². The van der Waals surface area contributed by atoms with E-state index >= 15 is 0 Å². The molecule has 1 aromatic heterocycles. The lowest BCUT2D eigenvalue weighted by Crippen LogP contribution is -2.12. The fraction of sp³-hybridized carbons (Fsp3) is 0.111. The van der Waals surface area contributed by atoms with Gasteiger partial charge in [0.1, 0.15) is 11.8 Å². The van der Waals surface area contributed by atoms with Crippen molar-refractivity contribution in [2.75, 3.05) is 5.32 Å². The summed E-state index contributed by atoms with van der Waals surface area (Å²) in [5.74, 6) is 0.897. The Hall–Kier alpha value is -2.00. The molecule has 1 atom stereocenters. The van der Waals surface area contributed by atoms with Crippen LogP contribution < -0.4 is 5.32 Å². The molecule has 0 saturated heterocycles. The van der Waals surface area contributed by atoms with Crippen molar-refractivity contribution in [3.63, 3.8) is 0 Å². The van der Waals surface area contributed by atoms with E-state index in [4.69, 9.17) is 4.42 Å². The average molecular weight is 342 g/mol. The van der Waals surface area contributed by atoms with E-state index in [0.717, 1.165) is 15.9 Å². The summed E-state index contributed by atoms with van der Waals surface area (Å²) in [6.45, 7) is 2.08. The summed E-state index contributed by atoms with van der Waals surface area (Å²) in [5, 5.41) is 3.55. The number of furan rings is 1. The Morgan fingerprint density at radius 1 is 1.00 bits per heavy atom. The van der Waals surface area contributed by atoms with Gasteiger partial charge >= 0.3 is 0 Å². The molecule has 0 fully saturated rings. The van der Waals surface area contributed by atoms with Gasteiger partial charge in [-0.2, -0.15) is 0 Å². The number of benzene rings is 2. The maximum atomic E-state index is 5.61. The van der Waals surface area contributed by atoms with Crippen LogP contribution >= 0.6 is 15.9 Å². The van der Waals surface area contributed by atoms with E-state index in [-0.39, 0.29) is 6.04 Å². The molecule has 3 heteroatoms. The van der Waals surface area contributed by atoms with Crippen LogP contribution in [0.2, 0.25) is 0 Å². The minimum atomic E-state index is -0.0137. The first-order valence-electron chi connectivity index (χ1n) is 6.85. The van der Waals surface area contributed by atoms with Gasteiger partial charge < -0.3 is 9.73 Å². The lowest BCUT2D eigenvalue weighted by molar-refractivity contribution is 0.499. The van der Waals surface area contributed by atoms with Gasteiger partial charge in [0, 0.05) is 10.2 Å². The van der Waals surface area contributed by atoms with Crippen LogP contribution in [0.4, 0.5) is 5.69 Å². The summed E-state index contributed by atoms with van der Waals surface area (Å²) in [6.07, 6.45) is 1.71. The fourth-order valence-corrected chi connectivity index (χ4v) is 2.92. The van der Waals surface area contributed by atoms with E-state index < -0.39 is 0 Å². The van der Waals surface area contributed by atoms with Crippen molar-refractivity contribution in [1.82, 2.24) is 0 Å². The monoisotopic (exact) mass is 341 g/mol. The molecule has 106 valence electrons. The lowest BCUT2D eigenvalue weighted by atomic mass is 10.0. The number of anilines is 1. The number of halogens is 1. The van der Waals surface area contributed by atoms with Crippen molar-refractivity contribution in [2.45, 2.75) is 13.0 Å². The fourth-order valence-electron chi connectivity index (χ4n) is 2.31. The Morgan fingerprint density at radius 3 is 2.48 bits per heavy atom. The number of nitrogens with one attached hydrogen (secondary N) is 1. The largest absolute Gasteiger partial charge is 0.467 e. The van der Waals surface area contributed by atoms with Crippen molar-refractivity contribution in [3.8, 4) is 0 Å². The van der Waals surface area contributed by atoms with Gasteiger partial charge in [-0.05, 0) is 58.2 Å². The minimum absolute atomic E-state index is 0.0137. The lowest BCUT2D eigenvalue weighted by Gasteiger charge is -2.19. The van der Waals surface area contributed by atoms with Crippen molar-refractivity contribution >= 4 is 21.6 Å². The van der Waals surface area contributed by atoms with Gasteiger partial charge in [0.15, 0.2) is 0 Å². The van der Waals surface area contributed by atoms with Crippen LogP contribution in [0.25, 0.3) is 0 Å². The van der Waals surface area contributed by atoms with Crippen LogP contribution in [0.15, 0.2) is 75.8 Å². The molecule has 3 rings (SSSR count). The van der Waals surface area contributed by atoms with Gasteiger partial charge in [0.25, 0.3) is 0 Å². The third-order valence-corrected chi connectivity index (χ3v) is 4.04. The predicted molar refractivity (Wildman–Crippen MR) is 89.5 cm³/mol. The summed E-state index contributed by atoms with van der Waals surface area (Å²) in [7, 11) is 0. The summed E-state index contributed by atoms with van der Waals surface area (Å²) in [5.41, 5.74) is 3.44. The van der Waals surface area contributed by atoms with Gasteiger partial charge in [0.05, 0.1) is 6.26 Å². The van der Waals surface area contributed by atoms with Gasteiger partial charge in [-0.3, -0.25) is 0 Å². The van der Waals surface area contributed by atoms with E-state index in [9.17, 15) is 0 Å². The Morgan fingerprint density at radius 2 is 1.81 bits per heavy atom. The first-order chi connectivity index (χ1) is 10.2. The van der Waals surface area contributed by atoms with E-state index in [1.165, 1.54) is 11.1 Å². The van der Waals surface area contributed by atoms with Crippen LogP contribution in [-0.4, -0.2) is 0 Å². The standard InChI is InChI=1S/C18H16BrNO/c1-13-9-10-16(15(19)12-13)20-18(17-8-5-11-21-17)14-6-3-2-4-7-14/h2-12,18,20H,1H3. The Kier molecular flexibility index (Phi) is 4.11. The molecule has 0 spiro atoms. The molecule has 0 bridgehead atoms. The van der Waals surface area contributed by atoms with Crippen LogP contribution in [0.1, 0.15) is 22.9 Å². The quantitative estimate of drug-likeness (QED) is 0.672. The summed E-state index contributed by atoms with van der Waals surface area (Å²) >= 11 is 3.62. The molecule has 1 heterocycles. The molecule has 21 heavy (non-hydrogen) atoms. The second kappa shape index (κ2) is 6.19. The molecule has 1 N–H and O–H groups in total. The van der Waals surface area contributed by atoms with Crippen molar-refractivity contribution < 1.29 is 4.42 Å². The van der Waals surface area contributed by atoms with Crippen LogP contribution in [0.3, 0.4) is 0 Å². The van der Waals surface area contributed by atoms with Crippen molar-refractivity contribution in [1.29, 1.82) is 0 Å². The van der Waals surface area contributed by atoms with E-state index in [1.807, 2.05) is 30.3 Å². The molecule has 0 radical (unpaired) electrons. The molecule has 0 aliphatic rings. The second-order valence-electron chi connectivity index (χ2n) is 4.99. The predicted octanol–water partition coefficient (Wildman–Crippen LogP) is 5.55. The molecular weight excluding hydrogens is 326 g/mol. The summed E-state index contributed by atoms with van der Waals surface area (Å²) < 4.78 is 6.66. The maximum absolute atomic E-state index is 5.61. The minimum Gasteiger partial charge on any atom is -0.467 e. The van der Waals surface area contributed by atoms with E-state index in [0.29, 0.717) is 0 Å². The first kappa shape index (κ1) is 14.0. The van der Waals surface area contributed by atoms with Gasteiger partial charge in [-0.15, -0.1) is 0 Å². The smallest absolute Gasteiger partial charge is 0.130 e. The van der Waals surface area contributed by atoms with Gasteiger partial charge in [0.2, 0.25) is 0 Å². The third-order valence-electron chi connectivity index (χ3n) is 3.39. The van der Waals surface area contributed by atoms with E-state index in [2.05, 4.69) is 58.5 Å². The number of hydrogen-bond donors (Lipinski definition) is 1. The SMILES string of the molecule is Cc1ccc(NC(c2ccccc2)c2ccco2)c(Br)c1. The number of rotatable bonds is 4. The van der Waals surface area contributed by atoms with Crippen LogP contribution in [0.5, 0.6) is 0 Å². The molecule has 2 aromatic carbocycles. The van der Waals surface area contributed by atoms with Gasteiger partial charge in [-0.1, -0.05) is 36.4 Å². The molecule has 2 nitrogen and oxygen atoms in total. The van der Waals surface area contributed by atoms with Crippen molar-refractivity contribution in [2.24, 2.45) is 0 Å². The molecule has 0 aliphatic heterocycles. The molecule has 3 aromatic rings. The molecule has 1 unspecified atom stereocenters. The molecule has 0 amide bonds. The Labute approximate surface area is 132 Å². The Bertz CT molecular complexity index is 707. The third kappa shape index (κ3) is 3.19. The molecule has 0 saturated carbocycles. The highest BCUT2D eigenvalue weighted by atomic mass is 79.9. The highest BCUT2D eigenvalue weighted by molar-refractivity contribution is 9.10. The van der Waals surface area contributed by atoms with Crippen LogP contribution in [-0.2, 0) is 0 Å².